The summed E-state index contributed by atoms with van der Waals surface area (Å²) in [6.07, 6.45) is 16.8. The second-order valence-corrected chi connectivity index (χ2v) is 8.91. The van der Waals surface area contributed by atoms with Gasteiger partial charge in [-0.15, -0.1) is 0 Å². The largest absolute Gasteiger partial charge is 0.496 e. The van der Waals surface area contributed by atoms with E-state index < -0.39 is 6.04 Å². The summed E-state index contributed by atoms with van der Waals surface area (Å²) >= 11 is 0. The molecular weight excluding hydrogens is 402 g/mol. The summed E-state index contributed by atoms with van der Waals surface area (Å²) in [5, 5.41) is 0. The molecule has 32 heavy (non-hydrogen) atoms. The minimum absolute atomic E-state index is 0.160. The van der Waals surface area contributed by atoms with Crippen molar-refractivity contribution < 1.29 is 19.1 Å². The molecule has 1 fully saturated rings. The third-order valence-electron chi connectivity index (χ3n) is 6.37. The molecule has 0 aliphatic carbocycles. The molecular formula is C27H43NO4. The van der Waals surface area contributed by atoms with Gasteiger partial charge in [0.15, 0.2) is 0 Å². The van der Waals surface area contributed by atoms with Gasteiger partial charge in [-0.3, -0.25) is 4.79 Å². The van der Waals surface area contributed by atoms with Crippen molar-refractivity contribution in [2.24, 2.45) is 0 Å². The van der Waals surface area contributed by atoms with Crippen molar-refractivity contribution in [1.29, 1.82) is 0 Å². The Kier molecular flexibility index (Phi) is 12.9. The third kappa shape index (κ3) is 8.84. The van der Waals surface area contributed by atoms with E-state index in [2.05, 4.69) is 6.92 Å². The van der Waals surface area contributed by atoms with E-state index in [0.717, 1.165) is 19.3 Å². The highest BCUT2D eigenvalue weighted by Crippen LogP contribution is 2.25. The van der Waals surface area contributed by atoms with E-state index in [-0.39, 0.29) is 11.9 Å². The van der Waals surface area contributed by atoms with Crippen molar-refractivity contribution in [3.05, 3.63) is 29.8 Å². The molecule has 180 valence electrons. The summed E-state index contributed by atoms with van der Waals surface area (Å²) in [6, 6.07) is 6.68. The lowest BCUT2D eigenvalue weighted by molar-refractivity contribution is -0.148. The van der Waals surface area contributed by atoms with Crippen molar-refractivity contribution in [3.8, 4) is 5.75 Å². The standard InChI is InChI=1S/C27H43NO4/c1-3-4-5-6-7-8-9-10-11-12-13-16-22-32-27(30)24-19-17-21-28(24)26(29)23-18-14-15-20-25(23)31-2/h14-15,18,20,24H,3-13,16-17,19,21-22H2,1-2H3. The van der Waals surface area contributed by atoms with Crippen LogP contribution in [0.25, 0.3) is 0 Å². The zero-order chi connectivity index (χ0) is 23.0. The number of hydrogen-bond donors (Lipinski definition) is 0. The first-order valence-corrected chi connectivity index (χ1v) is 12.8. The van der Waals surface area contributed by atoms with Gasteiger partial charge in [0.05, 0.1) is 19.3 Å². The molecule has 0 bridgehead atoms. The van der Waals surface area contributed by atoms with Crippen LogP contribution < -0.4 is 4.74 Å². The molecule has 0 saturated carbocycles. The minimum Gasteiger partial charge on any atom is -0.496 e. The number of ether oxygens (including phenoxy) is 2. The van der Waals surface area contributed by atoms with Crippen LogP contribution >= 0.6 is 0 Å². The van der Waals surface area contributed by atoms with Crippen LogP contribution in [0.3, 0.4) is 0 Å². The molecule has 1 unspecified atom stereocenters. The van der Waals surface area contributed by atoms with Crippen LogP contribution in [-0.2, 0) is 9.53 Å². The second kappa shape index (κ2) is 15.7. The SMILES string of the molecule is CCCCCCCCCCCCCCOC(=O)C1CCCN1C(=O)c1ccccc1OC. The van der Waals surface area contributed by atoms with E-state index in [1.165, 1.54) is 64.2 Å². The van der Waals surface area contributed by atoms with Crippen molar-refractivity contribution >= 4 is 11.9 Å². The highest BCUT2D eigenvalue weighted by molar-refractivity contribution is 5.99. The number of likely N-dealkylation sites (tertiary alicyclic amines) is 1. The number of hydrogen-bond acceptors (Lipinski definition) is 4. The highest BCUT2D eigenvalue weighted by atomic mass is 16.5. The van der Waals surface area contributed by atoms with E-state index in [4.69, 9.17) is 9.47 Å². The number of carbonyl (C=O) groups excluding carboxylic acids is 2. The van der Waals surface area contributed by atoms with Crippen LogP contribution in [0.15, 0.2) is 24.3 Å². The Morgan fingerprint density at radius 1 is 0.906 bits per heavy atom. The average Bonchev–Trinajstić information content (AvgIpc) is 3.31. The fraction of sp³-hybridized carbons (Fsp3) is 0.704. The number of methoxy groups -OCH3 is 1. The lowest BCUT2D eigenvalue weighted by atomic mass is 10.1. The van der Waals surface area contributed by atoms with E-state index in [1.807, 2.05) is 12.1 Å². The van der Waals surface area contributed by atoms with Crippen LogP contribution in [-0.4, -0.2) is 43.1 Å². The quantitative estimate of drug-likeness (QED) is 0.214. The van der Waals surface area contributed by atoms with Gasteiger partial charge in [0, 0.05) is 6.54 Å². The van der Waals surface area contributed by atoms with Crippen molar-refractivity contribution in [2.75, 3.05) is 20.3 Å². The van der Waals surface area contributed by atoms with Gasteiger partial charge in [0.2, 0.25) is 0 Å². The lowest BCUT2D eigenvalue weighted by Crippen LogP contribution is -2.41. The molecule has 1 amide bonds. The Labute approximate surface area is 194 Å². The summed E-state index contributed by atoms with van der Waals surface area (Å²) in [4.78, 5) is 27.2. The molecule has 1 heterocycles. The molecule has 1 aromatic carbocycles. The van der Waals surface area contributed by atoms with Gasteiger partial charge in [-0.05, 0) is 31.4 Å². The summed E-state index contributed by atoms with van der Waals surface area (Å²) in [7, 11) is 1.55. The van der Waals surface area contributed by atoms with Crippen molar-refractivity contribution in [3.63, 3.8) is 0 Å². The first kappa shape index (κ1) is 26.2. The Morgan fingerprint density at radius 3 is 2.12 bits per heavy atom. The molecule has 0 N–H and O–H groups in total. The van der Waals surface area contributed by atoms with Gasteiger partial charge < -0.3 is 14.4 Å². The number of esters is 1. The monoisotopic (exact) mass is 445 g/mol. The Hall–Kier alpha value is -2.04. The van der Waals surface area contributed by atoms with Crippen LogP contribution in [0.5, 0.6) is 5.75 Å². The van der Waals surface area contributed by atoms with E-state index >= 15 is 0 Å². The smallest absolute Gasteiger partial charge is 0.328 e. The molecule has 1 saturated heterocycles. The van der Waals surface area contributed by atoms with Crippen LogP contribution in [0.1, 0.15) is 107 Å². The normalized spacial score (nSPS) is 15.7. The van der Waals surface area contributed by atoms with Gasteiger partial charge in [-0.1, -0.05) is 89.7 Å². The molecule has 1 atom stereocenters. The van der Waals surface area contributed by atoms with Crippen molar-refractivity contribution in [2.45, 2.75) is 103 Å². The number of benzene rings is 1. The molecule has 5 nitrogen and oxygen atoms in total. The summed E-state index contributed by atoms with van der Waals surface area (Å²) < 4.78 is 10.8. The van der Waals surface area contributed by atoms with E-state index in [1.54, 1.807) is 24.1 Å². The summed E-state index contributed by atoms with van der Waals surface area (Å²) in [5.74, 6) is 0.106. The van der Waals surface area contributed by atoms with Crippen LogP contribution in [0.4, 0.5) is 0 Å². The molecule has 5 heteroatoms. The fourth-order valence-electron chi connectivity index (χ4n) is 4.44. The number of para-hydroxylation sites is 1. The maximum atomic E-state index is 13.0. The molecule has 0 spiro atoms. The zero-order valence-corrected chi connectivity index (χ0v) is 20.3. The maximum absolute atomic E-state index is 13.0. The summed E-state index contributed by atoms with van der Waals surface area (Å²) in [6.45, 7) is 3.29. The Bertz CT molecular complexity index is 675. The van der Waals surface area contributed by atoms with E-state index in [9.17, 15) is 9.59 Å². The predicted octanol–water partition coefficient (Wildman–Crippen LogP) is 6.54. The topological polar surface area (TPSA) is 55.8 Å². The molecule has 0 aromatic heterocycles. The number of unbranched alkanes of at least 4 members (excludes halogenated alkanes) is 11. The van der Waals surface area contributed by atoms with Gasteiger partial charge >= 0.3 is 5.97 Å². The Balaban J connectivity index is 1.58. The molecule has 2 rings (SSSR count). The van der Waals surface area contributed by atoms with Gasteiger partial charge in [0.25, 0.3) is 5.91 Å². The average molecular weight is 446 g/mol. The number of carbonyl (C=O) groups is 2. The highest BCUT2D eigenvalue weighted by Gasteiger charge is 2.36. The fourth-order valence-corrected chi connectivity index (χ4v) is 4.44. The first-order chi connectivity index (χ1) is 15.7. The van der Waals surface area contributed by atoms with Gasteiger partial charge in [0.1, 0.15) is 11.8 Å². The van der Waals surface area contributed by atoms with Gasteiger partial charge in [-0.25, -0.2) is 4.79 Å². The van der Waals surface area contributed by atoms with Crippen molar-refractivity contribution in [1.82, 2.24) is 4.90 Å². The first-order valence-electron chi connectivity index (χ1n) is 12.8. The maximum Gasteiger partial charge on any atom is 0.328 e. The molecule has 1 aliphatic rings. The minimum atomic E-state index is -0.482. The number of nitrogens with zero attached hydrogens (tertiary/aromatic N) is 1. The van der Waals surface area contributed by atoms with Crippen LogP contribution in [0, 0.1) is 0 Å². The lowest BCUT2D eigenvalue weighted by Gasteiger charge is -2.24. The zero-order valence-electron chi connectivity index (χ0n) is 20.3. The Morgan fingerprint density at radius 2 is 1.50 bits per heavy atom. The van der Waals surface area contributed by atoms with E-state index in [0.29, 0.717) is 30.9 Å². The number of amides is 1. The van der Waals surface area contributed by atoms with Gasteiger partial charge in [-0.2, -0.15) is 0 Å². The third-order valence-corrected chi connectivity index (χ3v) is 6.37. The molecule has 0 radical (unpaired) electrons. The predicted molar refractivity (Wildman–Crippen MR) is 129 cm³/mol. The van der Waals surface area contributed by atoms with Crippen LogP contribution in [0.2, 0.25) is 0 Å². The molecule has 1 aromatic rings. The second-order valence-electron chi connectivity index (χ2n) is 8.91. The molecule has 1 aliphatic heterocycles. The summed E-state index contributed by atoms with van der Waals surface area (Å²) in [5.41, 5.74) is 0.496. The number of rotatable bonds is 16.